The second kappa shape index (κ2) is 7.84. The van der Waals surface area contributed by atoms with Gasteiger partial charge >= 0.3 is 6.36 Å². The van der Waals surface area contributed by atoms with Crippen LogP contribution in [0.3, 0.4) is 0 Å². The van der Waals surface area contributed by atoms with E-state index in [-0.39, 0.29) is 5.75 Å². The van der Waals surface area contributed by atoms with E-state index in [0.29, 0.717) is 18.0 Å². The molecular weight excluding hydrogens is 367 g/mol. The van der Waals surface area contributed by atoms with E-state index in [1.165, 1.54) is 23.3 Å². The topological polar surface area (TPSA) is 44.5 Å². The Kier molecular flexibility index (Phi) is 5.49. The van der Waals surface area contributed by atoms with Gasteiger partial charge in [0.25, 0.3) is 0 Å². The summed E-state index contributed by atoms with van der Waals surface area (Å²) in [5, 5.41) is 0. The number of nitrogens with two attached hydrogens (primary N) is 1. The van der Waals surface area contributed by atoms with Gasteiger partial charge in [-0.2, -0.15) is 0 Å². The lowest BCUT2D eigenvalue weighted by molar-refractivity contribution is -0.274. The van der Waals surface area contributed by atoms with Crippen molar-refractivity contribution >= 4 is 5.69 Å². The number of nitrogen functional groups attached to an aromatic ring is 1. The standard InChI is InChI=1S/C22H20F3NO2/c1-14-9-15(2)11-16(10-14)13-27-21-8-5-18(12-20(21)26)17-3-6-19(7-4-17)28-22(23,24)25/h3-12H,13,26H2,1-2H3. The maximum absolute atomic E-state index is 12.2. The van der Waals surface area contributed by atoms with Crippen LogP contribution in [0.1, 0.15) is 16.7 Å². The zero-order chi connectivity index (χ0) is 20.3. The lowest BCUT2D eigenvalue weighted by Gasteiger charge is -2.12. The van der Waals surface area contributed by atoms with Gasteiger partial charge in [0.05, 0.1) is 5.69 Å². The summed E-state index contributed by atoms with van der Waals surface area (Å²) >= 11 is 0. The SMILES string of the molecule is Cc1cc(C)cc(COc2ccc(-c3ccc(OC(F)(F)F)cc3)cc2N)c1. The summed E-state index contributed by atoms with van der Waals surface area (Å²) < 4.78 is 46.5. The van der Waals surface area contributed by atoms with Crippen molar-refractivity contribution < 1.29 is 22.6 Å². The molecule has 3 rings (SSSR count). The van der Waals surface area contributed by atoms with E-state index in [1.807, 2.05) is 19.9 Å². The first-order valence-electron chi connectivity index (χ1n) is 8.65. The van der Waals surface area contributed by atoms with E-state index in [9.17, 15) is 13.2 Å². The van der Waals surface area contributed by atoms with E-state index in [1.54, 1.807) is 24.3 Å². The van der Waals surface area contributed by atoms with Crippen LogP contribution in [0.4, 0.5) is 18.9 Å². The van der Waals surface area contributed by atoms with Crippen LogP contribution in [0.25, 0.3) is 11.1 Å². The monoisotopic (exact) mass is 387 g/mol. The molecule has 0 saturated heterocycles. The number of benzene rings is 3. The molecule has 0 fully saturated rings. The third kappa shape index (κ3) is 5.19. The summed E-state index contributed by atoms with van der Waals surface area (Å²) in [4.78, 5) is 0. The van der Waals surface area contributed by atoms with Crippen molar-refractivity contribution in [2.75, 3.05) is 5.73 Å². The Morgan fingerprint density at radius 1 is 0.821 bits per heavy atom. The summed E-state index contributed by atoms with van der Waals surface area (Å²) in [5.41, 5.74) is 11.4. The van der Waals surface area contributed by atoms with Gasteiger partial charge in [-0.1, -0.05) is 47.5 Å². The van der Waals surface area contributed by atoms with Crippen LogP contribution in [0, 0.1) is 13.8 Å². The minimum Gasteiger partial charge on any atom is -0.487 e. The molecule has 0 atom stereocenters. The first-order valence-corrected chi connectivity index (χ1v) is 8.65. The van der Waals surface area contributed by atoms with Gasteiger partial charge in [0, 0.05) is 0 Å². The fourth-order valence-electron chi connectivity index (χ4n) is 3.02. The van der Waals surface area contributed by atoms with Gasteiger partial charge in [0.2, 0.25) is 0 Å². The Balaban J connectivity index is 1.71. The molecule has 28 heavy (non-hydrogen) atoms. The van der Waals surface area contributed by atoms with E-state index in [2.05, 4.69) is 22.9 Å². The van der Waals surface area contributed by atoms with Crippen LogP contribution >= 0.6 is 0 Å². The second-order valence-corrected chi connectivity index (χ2v) is 6.61. The number of hydrogen-bond acceptors (Lipinski definition) is 3. The van der Waals surface area contributed by atoms with Gasteiger partial charge in [0.1, 0.15) is 18.1 Å². The average Bonchev–Trinajstić information content (AvgIpc) is 2.59. The molecular formula is C22H20F3NO2. The summed E-state index contributed by atoms with van der Waals surface area (Å²) in [7, 11) is 0. The minimum absolute atomic E-state index is 0.266. The van der Waals surface area contributed by atoms with E-state index < -0.39 is 6.36 Å². The molecule has 0 aromatic heterocycles. The van der Waals surface area contributed by atoms with Gasteiger partial charge in [-0.05, 0) is 54.8 Å². The molecule has 0 spiro atoms. The summed E-state index contributed by atoms with van der Waals surface area (Å²) in [6.07, 6.45) is -4.71. The molecule has 0 amide bonds. The van der Waals surface area contributed by atoms with E-state index in [0.717, 1.165) is 16.7 Å². The summed E-state index contributed by atoms with van der Waals surface area (Å²) in [6.45, 7) is 4.46. The van der Waals surface area contributed by atoms with Crippen LogP contribution < -0.4 is 15.2 Å². The van der Waals surface area contributed by atoms with E-state index in [4.69, 9.17) is 10.5 Å². The molecule has 0 radical (unpaired) electrons. The molecule has 0 bridgehead atoms. The van der Waals surface area contributed by atoms with Gasteiger partial charge in [0.15, 0.2) is 0 Å². The zero-order valence-corrected chi connectivity index (χ0v) is 15.5. The molecule has 3 nitrogen and oxygen atoms in total. The Bertz CT molecular complexity index is 946. The Labute approximate surface area is 161 Å². The Hall–Kier alpha value is -3.15. The number of aryl methyl sites for hydroxylation is 2. The normalized spacial score (nSPS) is 11.3. The summed E-state index contributed by atoms with van der Waals surface area (Å²) in [6, 6.07) is 17.1. The third-order valence-electron chi connectivity index (χ3n) is 4.11. The fraction of sp³-hybridized carbons (Fsp3) is 0.182. The minimum atomic E-state index is -4.71. The molecule has 3 aromatic rings. The molecule has 6 heteroatoms. The van der Waals surface area contributed by atoms with Gasteiger partial charge in [-0.25, -0.2) is 0 Å². The quantitative estimate of drug-likeness (QED) is 0.544. The number of alkyl halides is 3. The predicted octanol–water partition coefficient (Wildman–Crippen LogP) is 6.03. The van der Waals surface area contributed by atoms with Crippen LogP contribution in [0.15, 0.2) is 60.7 Å². The van der Waals surface area contributed by atoms with E-state index >= 15 is 0 Å². The van der Waals surface area contributed by atoms with Crippen LogP contribution in [0.2, 0.25) is 0 Å². The summed E-state index contributed by atoms with van der Waals surface area (Å²) in [5.74, 6) is 0.289. The number of hydrogen-bond donors (Lipinski definition) is 1. The number of rotatable bonds is 5. The van der Waals surface area contributed by atoms with Gasteiger partial charge in [-0.15, -0.1) is 13.2 Å². The van der Waals surface area contributed by atoms with Crippen molar-refractivity contribution in [2.45, 2.75) is 26.8 Å². The predicted molar refractivity (Wildman–Crippen MR) is 103 cm³/mol. The Morgan fingerprint density at radius 2 is 1.43 bits per heavy atom. The first-order chi connectivity index (χ1) is 13.2. The highest BCUT2D eigenvalue weighted by Crippen LogP contribution is 2.31. The lowest BCUT2D eigenvalue weighted by Crippen LogP contribution is -2.16. The lowest BCUT2D eigenvalue weighted by atomic mass is 10.0. The fourth-order valence-corrected chi connectivity index (χ4v) is 3.02. The van der Waals surface area contributed by atoms with Crippen molar-refractivity contribution in [3.8, 4) is 22.6 Å². The maximum Gasteiger partial charge on any atom is 0.573 e. The molecule has 146 valence electrons. The van der Waals surface area contributed by atoms with Crippen molar-refractivity contribution in [1.82, 2.24) is 0 Å². The number of halogens is 3. The molecule has 0 aliphatic carbocycles. The molecule has 0 aliphatic rings. The molecule has 0 saturated carbocycles. The maximum atomic E-state index is 12.2. The van der Waals surface area contributed by atoms with Crippen LogP contribution in [-0.2, 0) is 6.61 Å². The second-order valence-electron chi connectivity index (χ2n) is 6.61. The number of ether oxygens (including phenoxy) is 2. The molecule has 0 unspecified atom stereocenters. The zero-order valence-electron chi connectivity index (χ0n) is 15.5. The number of anilines is 1. The molecule has 2 N–H and O–H groups in total. The molecule has 0 aliphatic heterocycles. The highest BCUT2D eigenvalue weighted by molar-refractivity contribution is 5.71. The highest BCUT2D eigenvalue weighted by atomic mass is 19.4. The van der Waals surface area contributed by atoms with Crippen LogP contribution in [0.5, 0.6) is 11.5 Å². The molecule has 0 heterocycles. The highest BCUT2D eigenvalue weighted by Gasteiger charge is 2.30. The van der Waals surface area contributed by atoms with Gasteiger partial charge in [-0.3, -0.25) is 0 Å². The third-order valence-corrected chi connectivity index (χ3v) is 4.11. The van der Waals surface area contributed by atoms with Crippen molar-refractivity contribution in [2.24, 2.45) is 0 Å². The average molecular weight is 387 g/mol. The first kappa shape index (κ1) is 19.6. The molecule has 3 aromatic carbocycles. The smallest absolute Gasteiger partial charge is 0.487 e. The largest absolute Gasteiger partial charge is 0.573 e. The van der Waals surface area contributed by atoms with Crippen molar-refractivity contribution in [3.05, 3.63) is 77.4 Å². The Morgan fingerprint density at radius 3 is 2.00 bits per heavy atom. The van der Waals surface area contributed by atoms with Crippen LogP contribution in [-0.4, -0.2) is 6.36 Å². The van der Waals surface area contributed by atoms with Crippen molar-refractivity contribution in [1.29, 1.82) is 0 Å². The van der Waals surface area contributed by atoms with Crippen molar-refractivity contribution in [3.63, 3.8) is 0 Å². The van der Waals surface area contributed by atoms with Gasteiger partial charge < -0.3 is 15.2 Å².